The van der Waals surface area contributed by atoms with Crippen molar-refractivity contribution < 1.29 is 9.52 Å². The van der Waals surface area contributed by atoms with Gasteiger partial charge in [-0.25, -0.2) is 0 Å². The molecule has 1 aromatic rings. The van der Waals surface area contributed by atoms with Crippen molar-refractivity contribution in [3.8, 4) is 0 Å². The van der Waals surface area contributed by atoms with E-state index in [9.17, 15) is 5.11 Å². The van der Waals surface area contributed by atoms with Gasteiger partial charge in [0.05, 0.1) is 6.54 Å². The van der Waals surface area contributed by atoms with Gasteiger partial charge in [-0.1, -0.05) is 12.8 Å². The predicted octanol–water partition coefficient (Wildman–Crippen LogP) is 2.58. The molecule has 3 nitrogen and oxygen atoms in total. The predicted molar refractivity (Wildman–Crippen MR) is 63.4 cm³/mol. The molecule has 1 fully saturated rings. The molecule has 0 aliphatic heterocycles. The number of halogens is 1. The van der Waals surface area contributed by atoms with Crippen molar-refractivity contribution in [1.82, 2.24) is 5.32 Å². The van der Waals surface area contributed by atoms with E-state index in [0.717, 1.165) is 25.1 Å². The van der Waals surface area contributed by atoms with Crippen molar-refractivity contribution in [2.24, 2.45) is 5.41 Å². The number of hydrogen-bond acceptors (Lipinski definition) is 3. The lowest BCUT2D eigenvalue weighted by atomic mass is 9.87. The maximum Gasteiger partial charge on any atom is 0.193 e. The first kappa shape index (κ1) is 12.0. The Hall–Kier alpha value is -0.510. The van der Waals surface area contributed by atoms with Crippen molar-refractivity contribution >= 4 is 11.6 Å². The van der Waals surface area contributed by atoms with Crippen LogP contribution in [0.15, 0.2) is 16.5 Å². The van der Waals surface area contributed by atoms with Crippen LogP contribution in [0.1, 0.15) is 31.4 Å². The number of aliphatic hydroxyl groups excluding tert-OH is 1. The lowest BCUT2D eigenvalue weighted by molar-refractivity contribution is 0.127. The molecule has 0 bridgehead atoms. The van der Waals surface area contributed by atoms with Crippen molar-refractivity contribution in [2.75, 3.05) is 13.2 Å². The Balaban J connectivity index is 1.78. The largest absolute Gasteiger partial charge is 0.448 e. The average Bonchev–Trinajstić information content (AvgIpc) is 2.89. The fraction of sp³-hybridized carbons (Fsp3) is 0.667. The summed E-state index contributed by atoms with van der Waals surface area (Å²) in [6.45, 7) is 1.80. The van der Waals surface area contributed by atoms with Gasteiger partial charge in [0.1, 0.15) is 5.76 Å². The second-order valence-electron chi connectivity index (χ2n) is 4.67. The molecule has 4 heteroatoms. The summed E-state index contributed by atoms with van der Waals surface area (Å²) < 4.78 is 5.26. The molecule has 0 saturated heterocycles. The molecule has 0 radical (unpaired) electrons. The third kappa shape index (κ3) is 2.78. The Bertz CT molecular complexity index is 332. The van der Waals surface area contributed by atoms with E-state index in [4.69, 9.17) is 16.0 Å². The Morgan fingerprint density at radius 2 is 2.12 bits per heavy atom. The summed E-state index contributed by atoms with van der Waals surface area (Å²) in [4.78, 5) is 0. The van der Waals surface area contributed by atoms with E-state index >= 15 is 0 Å². The zero-order valence-electron chi connectivity index (χ0n) is 9.34. The topological polar surface area (TPSA) is 45.4 Å². The quantitative estimate of drug-likeness (QED) is 0.836. The van der Waals surface area contributed by atoms with Crippen LogP contribution in [0.5, 0.6) is 0 Å². The molecular formula is C12H18ClNO2. The minimum Gasteiger partial charge on any atom is -0.448 e. The number of aliphatic hydroxyl groups is 1. The Labute approximate surface area is 101 Å². The van der Waals surface area contributed by atoms with Crippen molar-refractivity contribution in [1.29, 1.82) is 0 Å². The van der Waals surface area contributed by atoms with E-state index in [1.165, 1.54) is 12.8 Å². The molecule has 2 rings (SSSR count). The summed E-state index contributed by atoms with van der Waals surface area (Å²) in [5.41, 5.74) is 0.0936. The summed E-state index contributed by atoms with van der Waals surface area (Å²) in [6, 6.07) is 3.62. The zero-order chi connectivity index (χ0) is 11.4. The van der Waals surface area contributed by atoms with Gasteiger partial charge in [0.25, 0.3) is 0 Å². The molecule has 2 N–H and O–H groups in total. The van der Waals surface area contributed by atoms with Crippen LogP contribution in [-0.2, 0) is 6.54 Å². The number of rotatable bonds is 5. The Morgan fingerprint density at radius 3 is 2.69 bits per heavy atom. The molecule has 0 amide bonds. The first-order chi connectivity index (χ1) is 7.74. The van der Waals surface area contributed by atoms with Gasteiger partial charge < -0.3 is 14.8 Å². The highest BCUT2D eigenvalue weighted by molar-refractivity contribution is 6.28. The molecule has 1 heterocycles. The minimum absolute atomic E-state index is 0.0936. The summed E-state index contributed by atoms with van der Waals surface area (Å²) in [5, 5.41) is 13.2. The summed E-state index contributed by atoms with van der Waals surface area (Å²) in [5.74, 6) is 0.844. The van der Waals surface area contributed by atoms with E-state index in [1.54, 1.807) is 6.07 Å². The van der Waals surface area contributed by atoms with Crippen LogP contribution >= 0.6 is 11.6 Å². The van der Waals surface area contributed by atoms with Crippen LogP contribution in [0.2, 0.25) is 5.22 Å². The van der Waals surface area contributed by atoms with Crippen LogP contribution < -0.4 is 5.32 Å². The molecule has 0 unspecified atom stereocenters. The molecule has 0 aromatic carbocycles. The molecular weight excluding hydrogens is 226 g/mol. The highest BCUT2D eigenvalue weighted by Gasteiger charge is 2.32. The van der Waals surface area contributed by atoms with Crippen molar-refractivity contribution in [3.63, 3.8) is 0 Å². The molecule has 0 spiro atoms. The molecule has 1 saturated carbocycles. The second kappa shape index (κ2) is 5.21. The summed E-state index contributed by atoms with van der Waals surface area (Å²) >= 11 is 5.69. The maximum absolute atomic E-state index is 9.43. The first-order valence-corrected chi connectivity index (χ1v) is 6.18. The minimum atomic E-state index is 0.0936. The zero-order valence-corrected chi connectivity index (χ0v) is 10.1. The van der Waals surface area contributed by atoms with Gasteiger partial charge in [0.2, 0.25) is 0 Å². The second-order valence-corrected chi connectivity index (χ2v) is 5.05. The average molecular weight is 244 g/mol. The monoisotopic (exact) mass is 243 g/mol. The van der Waals surface area contributed by atoms with Gasteiger partial charge in [-0.2, -0.15) is 0 Å². The van der Waals surface area contributed by atoms with Gasteiger partial charge in [-0.15, -0.1) is 0 Å². The lowest BCUT2D eigenvalue weighted by Gasteiger charge is -2.26. The van der Waals surface area contributed by atoms with Crippen molar-refractivity contribution in [3.05, 3.63) is 23.1 Å². The molecule has 90 valence electrons. The standard InChI is InChI=1S/C12H18ClNO2/c13-11-4-3-10(16-11)7-14-8-12(9-15)5-1-2-6-12/h3-4,14-15H,1-2,5-9H2. The summed E-state index contributed by atoms with van der Waals surface area (Å²) in [7, 11) is 0. The molecule has 1 aromatic heterocycles. The molecule has 1 aliphatic rings. The van der Waals surface area contributed by atoms with E-state index in [1.807, 2.05) is 6.07 Å². The van der Waals surface area contributed by atoms with Crippen LogP contribution in [0, 0.1) is 5.41 Å². The molecule has 16 heavy (non-hydrogen) atoms. The third-order valence-electron chi connectivity index (χ3n) is 3.43. The van der Waals surface area contributed by atoms with Gasteiger partial charge in [-0.05, 0) is 36.6 Å². The van der Waals surface area contributed by atoms with Crippen LogP contribution in [0.25, 0.3) is 0 Å². The fourth-order valence-corrected chi connectivity index (χ4v) is 2.58. The highest BCUT2D eigenvalue weighted by Crippen LogP contribution is 2.36. The SMILES string of the molecule is OCC1(CNCc2ccc(Cl)o2)CCCC1. The Kier molecular flexibility index (Phi) is 3.90. The van der Waals surface area contributed by atoms with E-state index in [0.29, 0.717) is 11.8 Å². The maximum atomic E-state index is 9.43. The fourth-order valence-electron chi connectivity index (χ4n) is 2.41. The highest BCUT2D eigenvalue weighted by atomic mass is 35.5. The van der Waals surface area contributed by atoms with E-state index in [-0.39, 0.29) is 12.0 Å². The molecule has 1 aliphatic carbocycles. The van der Waals surface area contributed by atoms with Gasteiger partial charge in [0, 0.05) is 18.6 Å². The number of hydrogen-bond donors (Lipinski definition) is 2. The van der Waals surface area contributed by atoms with Gasteiger partial charge >= 0.3 is 0 Å². The van der Waals surface area contributed by atoms with E-state index < -0.39 is 0 Å². The third-order valence-corrected chi connectivity index (χ3v) is 3.63. The smallest absolute Gasteiger partial charge is 0.193 e. The van der Waals surface area contributed by atoms with Gasteiger partial charge in [-0.3, -0.25) is 0 Å². The van der Waals surface area contributed by atoms with Crippen molar-refractivity contribution in [2.45, 2.75) is 32.2 Å². The Morgan fingerprint density at radius 1 is 1.38 bits per heavy atom. The van der Waals surface area contributed by atoms with Crippen LogP contribution in [-0.4, -0.2) is 18.3 Å². The van der Waals surface area contributed by atoms with Crippen LogP contribution in [0.3, 0.4) is 0 Å². The summed E-state index contributed by atoms with van der Waals surface area (Å²) in [6.07, 6.45) is 4.70. The number of furan rings is 1. The normalized spacial score (nSPS) is 19.1. The number of nitrogens with one attached hydrogen (secondary N) is 1. The van der Waals surface area contributed by atoms with Crippen LogP contribution in [0.4, 0.5) is 0 Å². The first-order valence-electron chi connectivity index (χ1n) is 5.80. The van der Waals surface area contributed by atoms with Gasteiger partial charge in [0.15, 0.2) is 5.22 Å². The van der Waals surface area contributed by atoms with E-state index in [2.05, 4.69) is 5.32 Å². The lowest BCUT2D eigenvalue weighted by Crippen LogP contribution is -2.34. The molecule has 0 atom stereocenters.